The average molecular weight is 365 g/mol. The van der Waals surface area contributed by atoms with Gasteiger partial charge in [0.1, 0.15) is 17.3 Å². The summed E-state index contributed by atoms with van der Waals surface area (Å²) in [5.41, 5.74) is 2.26. The van der Waals surface area contributed by atoms with E-state index in [0.29, 0.717) is 30.3 Å². The highest BCUT2D eigenvalue weighted by molar-refractivity contribution is 5.96. The molecule has 2 N–H and O–H groups in total. The van der Waals surface area contributed by atoms with Crippen molar-refractivity contribution in [2.45, 2.75) is 45.6 Å². The number of imidazole rings is 1. The minimum Gasteiger partial charge on any atom is -0.361 e. The lowest BCUT2D eigenvalue weighted by atomic mass is 10.0. The largest absolute Gasteiger partial charge is 0.361 e. The zero-order chi connectivity index (χ0) is 19.0. The van der Waals surface area contributed by atoms with Crippen molar-refractivity contribution in [3.8, 4) is 0 Å². The second-order valence-electron chi connectivity index (χ2n) is 7.02. The van der Waals surface area contributed by atoms with Crippen LogP contribution in [0.3, 0.4) is 0 Å². The molecular formula is C19H23N7O. The first-order valence-corrected chi connectivity index (χ1v) is 9.32. The van der Waals surface area contributed by atoms with Gasteiger partial charge in [0, 0.05) is 36.6 Å². The molecule has 3 aromatic heterocycles. The van der Waals surface area contributed by atoms with Gasteiger partial charge in [-0.15, -0.1) is 0 Å². The number of hydrogen-bond acceptors (Lipinski definition) is 6. The highest BCUT2D eigenvalue weighted by Gasteiger charge is 2.26. The molecule has 4 rings (SSSR count). The lowest BCUT2D eigenvalue weighted by Gasteiger charge is -2.23. The van der Waals surface area contributed by atoms with Crippen LogP contribution >= 0.6 is 0 Å². The number of nitrogens with zero attached hydrogens (tertiary/aromatic N) is 5. The van der Waals surface area contributed by atoms with Gasteiger partial charge in [-0.2, -0.15) is 0 Å². The SMILES string of the molecule is CCC(Nc1nc(C(C)C)nc2c1CCNC2=O)c1cn2cccnc2n1. The third-order valence-electron chi connectivity index (χ3n) is 4.75. The highest BCUT2D eigenvalue weighted by atomic mass is 16.1. The molecule has 3 aromatic rings. The fourth-order valence-corrected chi connectivity index (χ4v) is 3.25. The lowest BCUT2D eigenvalue weighted by molar-refractivity contribution is 0.0940. The van der Waals surface area contributed by atoms with Crippen LogP contribution in [0.15, 0.2) is 24.7 Å². The van der Waals surface area contributed by atoms with Gasteiger partial charge in [0.25, 0.3) is 5.91 Å². The second kappa shape index (κ2) is 6.94. The smallest absolute Gasteiger partial charge is 0.270 e. The van der Waals surface area contributed by atoms with Gasteiger partial charge in [-0.05, 0) is 18.9 Å². The van der Waals surface area contributed by atoms with E-state index in [0.717, 1.165) is 23.5 Å². The van der Waals surface area contributed by atoms with Crippen LogP contribution in [-0.2, 0) is 6.42 Å². The number of carbonyl (C=O) groups is 1. The highest BCUT2D eigenvalue weighted by Crippen LogP contribution is 2.28. The number of nitrogens with one attached hydrogen (secondary N) is 2. The molecule has 27 heavy (non-hydrogen) atoms. The Labute approximate surface area is 157 Å². The summed E-state index contributed by atoms with van der Waals surface area (Å²) in [4.78, 5) is 30.5. The Morgan fingerprint density at radius 3 is 2.89 bits per heavy atom. The molecule has 0 bridgehead atoms. The van der Waals surface area contributed by atoms with Crippen LogP contribution in [0, 0.1) is 0 Å². The van der Waals surface area contributed by atoms with E-state index in [2.05, 4.69) is 32.5 Å². The number of aromatic nitrogens is 5. The number of rotatable bonds is 5. The topological polar surface area (TPSA) is 97.1 Å². The summed E-state index contributed by atoms with van der Waals surface area (Å²) < 4.78 is 1.90. The number of fused-ring (bicyclic) bond motifs is 2. The van der Waals surface area contributed by atoms with E-state index >= 15 is 0 Å². The minimum absolute atomic E-state index is 0.0318. The van der Waals surface area contributed by atoms with Crippen LogP contribution in [0.5, 0.6) is 0 Å². The number of amides is 1. The Kier molecular flexibility index (Phi) is 4.47. The molecule has 0 saturated heterocycles. The Bertz CT molecular complexity index is 962. The summed E-state index contributed by atoms with van der Waals surface area (Å²) in [5.74, 6) is 2.06. The molecular weight excluding hydrogens is 342 g/mol. The van der Waals surface area contributed by atoms with Crippen molar-refractivity contribution in [1.29, 1.82) is 0 Å². The minimum atomic E-state index is -0.131. The molecule has 0 saturated carbocycles. The Hall–Kier alpha value is -3.03. The van der Waals surface area contributed by atoms with Crippen molar-refractivity contribution in [3.63, 3.8) is 0 Å². The second-order valence-corrected chi connectivity index (χ2v) is 7.02. The Morgan fingerprint density at radius 2 is 2.15 bits per heavy atom. The molecule has 8 heteroatoms. The molecule has 1 aliphatic rings. The van der Waals surface area contributed by atoms with Gasteiger partial charge in [-0.3, -0.25) is 9.20 Å². The summed E-state index contributed by atoms with van der Waals surface area (Å²) in [6, 6.07) is 1.84. The molecule has 8 nitrogen and oxygen atoms in total. The van der Waals surface area contributed by atoms with Gasteiger partial charge in [0.15, 0.2) is 0 Å². The van der Waals surface area contributed by atoms with E-state index < -0.39 is 0 Å². The third kappa shape index (κ3) is 3.22. The molecule has 1 amide bonds. The monoisotopic (exact) mass is 365 g/mol. The summed E-state index contributed by atoms with van der Waals surface area (Å²) in [7, 11) is 0. The molecule has 1 atom stereocenters. The van der Waals surface area contributed by atoms with E-state index in [1.807, 2.05) is 36.7 Å². The van der Waals surface area contributed by atoms with Crippen molar-refractivity contribution in [2.24, 2.45) is 0 Å². The standard InChI is InChI=1S/C19H23N7O/c1-4-13(14-10-26-9-5-7-21-19(26)23-14)22-17-12-6-8-20-18(27)15(12)24-16(25-17)11(2)3/h5,7,9-11,13H,4,6,8H2,1-3H3,(H,20,27)(H,22,24,25). The van der Waals surface area contributed by atoms with Gasteiger partial charge in [-0.1, -0.05) is 20.8 Å². The first-order valence-electron chi connectivity index (χ1n) is 9.32. The maximum atomic E-state index is 12.3. The fourth-order valence-electron chi connectivity index (χ4n) is 3.25. The van der Waals surface area contributed by atoms with Crippen molar-refractivity contribution in [1.82, 2.24) is 29.7 Å². The predicted molar refractivity (Wildman–Crippen MR) is 102 cm³/mol. The van der Waals surface area contributed by atoms with E-state index in [-0.39, 0.29) is 17.9 Å². The van der Waals surface area contributed by atoms with Crippen molar-refractivity contribution >= 4 is 17.5 Å². The van der Waals surface area contributed by atoms with Crippen LogP contribution in [0.4, 0.5) is 5.82 Å². The zero-order valence-corrected chi connectivity index (χ0v) is 15.7. The average Bonchev–Trinajstić information content (AvgIpc) is 3.10. The van der Waals surface area contributed by atoms with Gasteiger partial charge in [0.2, 0.25) is 5.78 Å². The van der Waals surface area contributed by atoms with E-state index in [1.54, 1.807) is 6.20 Å². The summed E-state index contributed by atoms with van der Waals surface area (Å²) >= 11 is 0. The van der Waals surface area contributed by atoms with E-state index in [9.17, 15) is 4.79 Å². The van der Waals surface area contributed by atoms with Crippen molar-refractivity contribution < 1.29 is 4.79 Å². The van der Waals surface area contributed by atoms with Crippen LogP contribution in [0.1, 0.15) is 66.7 Å². The normalized spacial score (nSPS) is 14.9. The quantitative estimate of drug-likeness (QED) is 0.721. The van der Waals surface area contributed by atoms with Crippen LogP contribution in [0.2, 0.25) is 0 Å². The van der Waals surface area contributed by atoms with Crippen LogP contribution in [0.25, 0.3) is 5.78 Å². The molecule has 0 aliphatic carbocycles. The maximum Gasteiger partial charge on any atom is 0.270 e. The Morgan fingerprint density at radius 1 is 1.30 bits per heavy atom. The lowest BCUT2D eigenvalue weighted by Crippen LogP contribution is -2.34. The van der Waals surface area contributed by atoms with E-state index in [4.69, 9.17) is 4.98 Å². The van der Waals surface area contributed by atoms with Gasteiger partial charge in [0.05, 0.1) is 11.7 Å². The first kappa shape index (κ1) is 17.4. The molecule has 140 valence electrons. The molecule has 4 heterocycles. The van der Waals surface area contributed by atoms with Gasteiger partial charge < -0.3 is 10.6 Å². The number of carbonyl (C=O) groups excluding carboxylic acids is 1. The molecule has 0 radical (unpaired) electrons. The fraction of sp³-hybridized carbons (Fsp3) is 0.421. The number of anilines is 1. The van der Waals surface area contributed by atoms with Crippen molar-refractivity contribution in [3.05, 3.63) is 47.4 Å². The van der Waals surface area contributed by atoms with Crippen LogP contribution in [-0.4, -0.2) is 36.8 Å². The Balaban J connectivity index is 1.74. The summed E-state index contributed by atoms with van der Waals surface area (Å²) in [5, 5.41) is 6.38. The predicted octanol–water partition coefficient (Wildman–Crippen LogP) is 2.49. The van der Waals surface area contributed by atoms with Crippen LogP contribution < -0.4 is 10.6 Å². The summed E-state index contributed by atoms with van der Waals surface area (Å²) in [6.45, 7) is 6.74. The molecule has 0 spiro atoms. The van der Waals surface area contributed by atoms with E-state index in [1.165, 1.54) is 0 Å². The van der Waals surface area contributed by atoms with Crippen molar-refractivity contribution in [2.75, 3.05) is 11.9 Å². The molecule has 0 aromatic carbocycles. The maximum absolute atomic E-state index is 12.3. The first-order chi connectivity index (χ1) is 13.1. The van der Waals surface area contributed by atoms with Gasteiger partial charge >= 0.3 is 0 Å². The zero-order valence-electron chi connectivity index (χ0n) is 15.7. The summed E-state index contributed by atoms with van der Waals surface area (Å²) in [6.07, 6.45) is 7.18. The molecule has 1 unspecified atom stereocenters. The van der Waals surface area contributed by atoms with Gasteiger partial charge in [-0.25, -0.2) is 19.9 Å². The number of hydrogen-bond donors (Lipinski definition) is 2. The molecule has 1 aliphatic heterocycles. The molecule has 0 fully saturated rings. The third-order valence-corrected chi connectivity index (χ3v) is 4.75.